The highest BCUT2D eigenvalue weighted by Crippen LogP contribution is 2.30. The van der Waals surface area contributed by atoms with Crippen molar-refractivity contribution in [3.05, 3.63) is 53.3 Å². The predicted octanol–water partition coefficient (Wildman–Crippen LogP) is 1.80. The molecule has 1 fully saturated rings. The number of nitrogens with zero attached hydrogens (tertiary/aromatic N) is 2. The third kappa shape index (κ3) is 3.41. The van der Waals surface area contributed by atoms with Crippen LogP contribution in [0.15, 0.2) is 36.4 Å². The van der Waals surface area contributed by atoms with E-state index in [4.69, 9.17) is 5.73 Å². The van der Waals surface area contributed by atoms with Gasteiger partial charge in [0.05, 0.1) is 18.2 Å². The van der Waals surface area contributed by atoms with E-state index >= 15 is 0 Å². The van der Waals surface area contributed by atoms with Crippen molar-refractivity contribution in [1.82, 2.24) is 15.1 Å². The molecule has 0 aliphatic carbocycles. The fourth-order valence-electron chi connectivity index (χ4n) is 3.06. The lowest BCUT2D eigenvalue weighted by Gasteiger charge is -2.35. The third-order valence-electron chi connectivity index (χ3n) is 4.23. The van der Waals surface area contributed by atoms with Crippen molar-refractivity contribution in [2.75, 3.05) is 6.54 Å². The van der Waals surface area contributed by atoms with Crippen molar-refractivity contribution in [2.24, 2.45) is 5.73 Å². The van der Waals surface area contributed by atoms with Gasteiger partial charge in [-0.2, -0.15) is 5.10 Å². The minimum absolute atomic E-state index is 0.0689. The van der Waals surface area contributed by atoms with Crippen LogP contribution in [-0.2, 0) is 11.2 Å². The first-order valence-electron chi connectivity index (χ1n) is 7.83. The minimum Gasteiger partial charge on any atom is -0.364 e. The number of carbonyl (C=O) groups excluding carboxylic acids is 2. The molecular weight excluding hydrogens is 292 g/mol. The zero-order valence-electron chi connectivity index (χ0n) is 12.9. The predicted molar refractivity (Wildman–Crippen MR) is 85.6 cm³/mol. The molecule has 0 spiro atoms. The zero-order valence-corrected chi connectivity index (χ0v) is 12.9. The average Bonchev–Trinajstić information content (AvgIpc) is 3.06. The topological polar surface area (TPSA) is 92.1 Å². The van der Waals surface area contributed by atoms with Crippen LogP contribution in [0, 0.1) is 0 Å². The smallest absolute Gasteiger partial charge is 0.269 e. The van der Waals surface area contributed by atoms with Gasteiger partial charge in [-0.05, 0) is 30.9 Å². The number of H-pyrrole nitrogens is 1. The van der Waals surface area contributed by atoms with Crippen LogP contribution in [0.5, 0.6) is 0 Å². The second-order valence-electron chi connectivity index (χ2n) is 5.83. The minimum atomic E-state index is -0.564. The summed E-state index contributed by atoms with van der Waals surface area (Å²) in [5.74, 6) is -0.471. The normalized spacial score (nSPS) is 17.9. The summed E-state index contributed by atoms with van der Waals surface area (Å²) in [6.45, 7) is 0.723. The number of likely N-dealkylation sites (tertiary alicyclic amines) is 1. The summed E-state index contributed by atoms with van der Waals surface area (Å²) in [7, 11) is 0. The lowest BCUT2D eigenvalue weighted by Crippen LogP contribution is -2.39. The summed E-state index contributed by atoms with van der Waals surface area (Å²) >= 11 is 0. The van der Waals surface area contributed by atoms with E-state index in [-0.39, 0.29) is 17.6 Å². The molecule has 2 heterocycles. The van der Waals surface area contributed by atoms with Gasteiger partial charge in [0.1, 0.15) is 5.69 Å². The van der Waals surface area contributed by atoms with E-state index in [1.165, 1.54) is 0 Å². The van der Waals surface area contributed by atoms with Crippen LogP contribution in [0.3, 0.4) is 0 Å². The maximum Gasteiger partial charge on any atom is 0.269 e. The quantitative estimate of drug-likeness (QED) is 0.901. The second kappa shape index (κ2) is 6.64. The number of nitrogens with one attached hydrogen (secondary N) is 1. The van der Waals surface area contributed by atoms with Gasteiger partial charge in [-0.3, -0.25) is 14.7 Å². The Morgan fingerprint density at radius 1 is 1.26 bits per heavy atom. The fourth-order valence-corrected chi connectivity index (χ4v) is 3.06. The Morgan fingerprint density at radius 3 is 2.74 bits per heavy atom. The molecule has 23 heavy (non-hydrogen) atoms. The third-order valence-corrected chi connectivity index (χ3v) is 4.23. The van der Waals surface area contributed by atoms with Gasteiger partial charge in [-0.1, -0.05) is 30.3 Å². The van der Waals surface area contributed by atoms with E-state index in [1.807, 2.05) is 35.2 Å². The lowest BCUT2D eigenvalue weighted by atomic mass is 9.98. The maximum atomic E-state index is 12.7. The molecule has 0 bridgehead atoms. The van der Waals surface area contributed by atoms with Crippen molar-refractivity contribution in [3.8, 4) is 0 Å². The number of aromatic nitrogens is 2. The molecule has 120 valence electrons. The summed E-state index contributed by atoms with van der Waals surface area (Å²) < 4.78 is 0. The first-order chi connectivity index (χ1) is 11.1. The molecule has 6 nitrogen and oxygen atoms in total. The molecule has 2 aromatic rings. The van der Waals surface area contributed by atoms with E-state index in [9.17, 15) is 9.59 Å². The Bertz CT molecular complexity index is 696. The number of carbonyl (C=O) groups is 2. The first-order valence-corrected chi connectivity index (χ1v) is 7.83. The summed E-state index contributed by atoms with van der Waals surface area (Å²) in [6, 6.07) is 11.3. The molecule has 0 radical (unpaired) electrons. The molecular formula is C17H20N4O2. The van der Waals surface area contributed by atoms with Crippen molar-refractivity contribution in [2.45, 2.75) is 31.7 Å². The van der Waals surface area contributed by atoms with Gasteiger partial charge in [-0.15, -0.1) is 0 Å². The number of amides is 2. The molecule has 3 rings (SSSR count). The largest absolute Gasteiger partial charge is 0.364 e. The number of hydrogen-bond acceptors (Lipinski definition) is 3. The molecule has 1 aromatic carbocycles. The molecule has 3 N–H and O–H groups in total. The number of aromatic amines is 1. The second-order valence-corrected chi connectivity index (χ2v) is 5.83. The number of nitrogens with two attached hydrogens (primary N) is 1. The van der Waals surface area contributed by atoms with Gasteiger partial charge in [0.2, 0.25) is 5.91 Å². The number of rotatable bonds is 4. The van der Waals surface area contributed by atoms with Crippen molar-refractivity contribution in [3.63, 3.8) is 0 Å². The number of piperidine rings is 1. The average molecular weight is 312 g/mol. The van der Waals surface area contributed by atoms with Crippen molar-refractivity contribution >= 4 is 11.8 Å². The van der Waals surface area contributed by atoms with Gasteiger partial charge in [0, 0.05) is 6.54 Å². The monoisotopic (exact) mass is 312 g/mol. The highest BCUT2D eigenvalue weighted by molar-refractivity contribution is 5.90. The van der Waals surface area contributed by atoms with Crippen LogP contribution < -0.4 is 5.73 Å². The molecule has 6 heteroatoms. The fraction of sp³-hybridized carbons (Fsp3) is 0.353. The van der Waals surface area contributed by atoms with Crippen LogP contribution >= 0.6 is 0 Å². The molecule has 1 aliphatic heterocycles. The lowest BCUT2D eigenvalue weighted by molar-refractivity contribution is -0.134. The standard InChI is InChI=1S/C17H20N4O2/c18-17(23)14-11-13(19-20-14)15-8-4-5-9-21(15)16(22)10-12-6-2-1-3-7-12/h1-3,6-7,11,15H,4-5,8-10H2,(H2,18,23)(H,19,20). The van der Waals surface area contributed by atoms with Gasteiger partial charge < -0.3 is 10.6 Å². The highest BCUT2D eigenvalue weighted by atomic mass is 16.2. The molecule has 1 aliphatic rings. The molecule has 1 atom stereocenters. The van der Waals surface area contributed by atoms with Crippen molar-refractivity contribution in [1.29, 1.82) is 0 Å². The number of hydrogen-bond donors (Lipinski definition) is 2. The van der Waals surface area contributed by atoms with E-state index in [0.29, 0.717) is 6.42 Å². The molecule has 1 saturated heterocycles. The summed E-state index contributed by atoms with van der Waals surface area (Å²) in [4.78, 5) is 25.8. The van der Waals surface area contributed by atoms with Gasteiger partial charge in [0.15, 0.2) is 0 Å². The molecule has 1 aromatic heterocycles. The van der Waals surface area contributed by atoms with Crippen LogP contribution in [0.4, 0.5) is 0 Å². The number of primary amides is 1. The van der Waals surface area contributed by atoms with E-state index in [0.717, 1.165) is 37.1 Å². The molecule has 1 unspecified atom stereocenters. The first kappa shape index (κ1) is 15.3. The highest BCUT2D eigenvalue weighted by Gasteiger charge is 2.29. The number of benzene rings is 1. The zero-order chi connectivity index (χ0) is 16.2. The summed E-state index contributed by atoms with van der Waals surface area (Å²) in [5, 5.41) is 6.79. The van der Waals surface area contributed by atoms with Gasteiger partial charge in [-0.25, -0.2) is 0 Å². The Labute approximate surface area is 134 Å². The molecule has 2 amide bonds. The van der Waals surface area contributed by atoms with Crippen molar-refractivity contribution < 1.29 is 9.59 Å². The van der Waals surface area contributed by atoms with Crippen LogP contribution in [0.2, 0.25) is 0 Å². The van der Waals surface area contributed by atoms with Crippen LogP contribution in [-0.4, -0.2) is 33.5 Å². The summed E-state index contributed by atoms with van der Waals surface area (Å²) in [5.41, 5.74) is 7.24. The van der Waals surface area contributed by atoms with Crippen LogP contribution in [0.1, 0.15) is 47.1 Å². The SMILES string of the molecule is NC(=O)c1cc(C2CCCCN2C(=O)Cc2ccccc2)[nH]n1. The van der Waals surface area contributed by atoms with Crippen LogP contribution in [0.25, 0.3) is 0 Å². The van der Waals surface area contributed by atoms with Gasteiger partial charge >= 0.3 is 0 Å². The summed E-state index contributed by atoms with van der Waals surface area (Å²) in [6.07, 6.45) is 3.29. The molecule has 0 saturated carbocycles. The van der Waals surface area contributed by atoms with E-state index in [1.54, 1.807) is 6.07 Å². The Morgan fingerprint density at radius 2 is 2.04 bits per heavy atom. The van der Waals surface area contributed by atoms with Gasteiger partial charge in [0.25, 0.3) is 5.91 Å². The Balaban J connectivity index is 1.77. The van der Waals surface area contributed by atoms with E-state index in [2.05, 4.69) is 10.2 Å². The Hall–Kier alpha value is -2.63. The van der Waals surface area contributed by atoms with E-state index < -0.39 is 5.91 Å². The maximum absolute atomic E-state index is 12.7. The Kier molecular flexibility index (Phi) is 4.41.